The van der Waals surface area contributed by atoms with Crippen LogP contribution in [0.25, 0.3) is 0 Å². The van der Waals surface area contributed by atoms with Gasteiger partial charge in [-0.25, -0.2) is 0 Å². The molecular formula is C13H18ClN3O3. The summed E-state index contributed by atoms with van der Waals surface area (Å²) in [6.07, 6.45) is 1.15. The Hall–Kier alpha value is -1.66. The number of amides is 1. The molecule has 20 heavy (non-hydrogen) atoms. The number of benzene rings is 1. The zero-order chi connectivity index (χ0) is 13.8. The van der Waals surface area contributed by atoms with Crippen LogP contribution in [0.2, 0.25) is 0 Å². The quantitative estimate of drug-likeness (QED) is 0.671. The largest absolute Gasteiger partial charge is 0.342 e. The van der Waals surface area contributed by atoms with E-state index in [-0.39, 0.29) is 30.4 Å². The number of halogens is 1. The van der Waals surface area contributed by atoms with Gasteiger partial charge in [0.15, 0.2) is 0 Å². The number of nitrogens with zero attached hydrogens (tertiary/aromatic N) is 2. The summed E-state index contributed by atoms with van der Waals surface area (Å²) in [4.78, 5) is 24.1. The van der Waals surface area contributed by atoms with Crippen LogP contribution in [0, 0.1) is 16.0 Å². The fraction of sp³-hybridized carbons (Fsp3) is 0.462. The average Bonchev–Trinajstić information content (AvgIpc) is 2.88. The Morgan fingerprint density at radius 1 is 1.50 bits per heavy atom. The lowest BCUT2D eigenvalue weighted by Crippen LogP contribution is -2.31. The molecule has 0 spiro atoms. The maximum absolute atomic E-state index is 12.1. The third kappa shape index (κ3) is 3.91. The van der Waals surface area contributed by atoms with Gasteiger partial charge in [-0.2, -0.15) is 0 Å². The van der Waals surface area contributed by atoms with Crippen molar-refractivity contribution < 1.29 is 9.72 Å². The van der Waals surface area contributed by atoms with Gasteiger partial charge in [-0.15, -0.1) is 12.4 Å². The van der Waals surface area contributed by atoms with Gasteiger partial charge in [0, 0.05) is 25.2 Å². The first-order valence-corrected chi connectivity index (χ1v) is 6.31. The van der Waals surface area contributed by atoms with Crippen molar-refractivity contribution in [3.8, 4) is 0 Å². The third-order valence-corrected chi connectivity index (χ3v) is 3.45. The highest BCUT2D eigenvalue weighted by molar-refractivity contribution is 5.85. The molecule has 1 aromatic rings. The first-order chi connectivity index (χ1) is 9.10. The van der Waals surface area contributed by atoms with Gasteiger partial charge in [0.1, 0.15) is 0 Å². The van der Waals surface area contributed by atoms with Crippen molar-refractivity contribution in [2.45, 2.75) is 12.8 Å². The SMILES string of the molecule is Cl.NCC1CCN(C(=O)Cc2cccc([N+](=O)[O-])c2)C1. The second-order valence-electron chi connectivity index (χ2n) is 4.83. The van der Waals surface area contributed by atoms with Crippen LogP contribution < -0.4 is 5.73 Å². The van der Waals surface area contributed by atoms with Crippen LogP contribution in [0.4, 0.5) is 5.69 Å². The van der Waals surface area contributed by atoms with Crippen LogP contribution in [0.15, 0.2) is 24.3 Å². The Balaban J connectivity index is 0.00000200. The molecule has 1 saturated heterocycles. The fourth-order valence-corrected chi connectivity index (χ4v) is 2.32. The molecule has 0 bridgehead atoms. The first-order valence-electron chi connectivity index (χ1n) is 6.31. The highest BCUT2D eigenvalue weighted by Crippen LogP contribution is 2.18. The van der Waals surface area contributed by atoms with Crippen molar-refractivity contribution in [1.82, 2.24) is 4.90 Å². The molecule has 6 nitrogen and oxygen atoms in total. The molecule has 110 valence electrons. The summed E-state index contributed by atoms with van der Waals surface area (Å²) in [5.74, 6) is 0.394. The summed E-state index contributed by atoms with van der Waals surface area (Å²) in [6.45, 7) is 2.03. The van der Waals surface area contributed by atoms with Crippen LogP contribution >= 0.6 is 12.4 Å². The normalized spacial score (nSPS) is 17.6. The maximum atomic E-state index is 12.1. The number of nitro benzene ring substituents is 1. The Labute approximate surface area is 123 Å². The molecule has 0 aromatic heterocycles. The van der Waals surface area contributed by atoms with Gasteiger partial charge < -0.3 is 10.6 Å². The monoisotopic (exact) mass is 299 g/mol. The van der Waals surface area contributed by atoms with Gasteiger partial charge in [0.2, 0.25) is 5.91 Å². The van der Waals surface area contributed by atoms with Gasteiger partial charge in [0.25, 0.3) is 5.69 Å². The van der Waals surface area contributed by atoms with Crippen molar-refractivity contribution in [3.63, 3.8) is 0 Å². The number of nitrogens with two attached hydrogens (primary N) is 1. The van der Waals surface area contributed by atoms with E-state index in [9.17, 15) is 14.9 Å². The molecule has 1 aliphatic rings. The van der Waals surface area contributed by atoms with Crippen LogP contribution in [0.3, 0.4) is 0 Å². The molecule has 1 atom stereocenters. The topological polar surface area (TPSA) is 89.5 Å². The minimum Gasteiger partial charge on any atom is -0.342 e. The molecule has 1 amide bonds. The number of hydrogen-bond acceptors (Lipinski definition) is 4. The summed E-state index contributed by atoms with van der Waals surface area (Å²) in [5.41, 5.74) is 6.29. The van der Waals surface area contributed by atoms with Crippen molar-refractivity contribution >= 4 is 24.0 Å². The number of nitro groups is 1. The molecule has 1 aliphatic heterocycles. The molecule has 0 saturated carbocycles. The van der Waals surface area contributed by atoms with Gasteiger partial charge in [-0.05, 0) is 24.4 Å². The van der Waals surface area contributed by atoms with E-state index < -0.39 is 4.92 Å². The van der Waals surface area contributed by atoms with E-state index in [0.717, 1.165) is 13.0 Å². The number of carbonyl (C=O) groups excluding carboxylic acids is 1. The first kappa shape index (κ1) is 16.4. The molecule has 2 N–H and O–H groups in total. The summed E-state index contributed by atoms with van der Waals surface area (Å²) < 4.78 is 0. The van der Waals surface area contributed by atoms with Gasteiger partial charge >= 0.3 is 0 Å². The molecule has 0 aliphatic carbocycles. The Bertz CT molecular complexity index is 496. The molecule has 2 rings (SSSR count). The molecule has 7 heteroatoms. The molecule has 1 unspecified atom stereocenters. The number of hydrogen-bond donors (Lipinski definition) is 1. The second kappa shape index (κ2) is 7.21. The number of carbonyl (C=O) groups is 1. The maximum Gasteiger partial charge on any atom is 0.269 e. The lowest BCUT2D eigenvalue weighted by Gasteiger charge is -2.16. The van der Waals surface area contributed by atoms with Gasteiger partial charge in [0.05, 0.1) is 11.3 Å². The predicted octanol–water partition coefficient (Wildman–Crippen LogP) is 1.37. The summed E-state index contributed by atoms with van der Waals surface area (Å²) >= 11 is 0. The number of rotatable bonds is 4. The smallest absolute Gasteiger partial charge is 0.269 e. The summed E-state index contributed by atoms with van der Waals surface area (Å²) in [7, 11) is 0. The minimum absolute atomic E-state index is 0. The van der Waals surface area contributed by atoms with E-state index in [4.69, 9.17) is 5.73 Å². The van der Waals surface area contributed by atoms with E-state index in [2.05, 4.69) is 0 Å². The molecule has 0 radical (unpaired) electrons. The van der Waals surface area contributed by atoms with E-state index in [1.807, 2.05) is 0 Å². The van der Waals surface area contributed by atoms with E-state index >= 15 is 0 Å². The van der Waals surface area contributed by atoms with Gasteiger partial charge in [-0.1, -0.05) is 12.1 Å². The summed E-state index contributed by atoms with van der Waals surface area (Å²) in [6, 6.07) is 6.22. The lowest BCUT2D eigenvalue weighted by molar-refractivity contribution is -0.384. The van der Waals surface area contributed by atoms with Crippen LogP contribution in [-0.4, -0.2) is 35.4 Å². The predicted molar refractivity (Wildman–Crippen MR) is 77.8 cm³/mol. The number of non-ortho nitro benzene ring substituents is 1. The van der Waals surface area contributed by atoms with Crippen molar-refractivity contribution in [2.75, 3.05) is 19.6 Å². The Morgan fingerprint density at radius 2 is 2.25 bits per heavy atom. The molecule has 1 fully saturated rings. The minimum atomic E-state index is -0.450. The van der Waals surface area contributed by atoms with Crippen molar-refractivity contribution in [3.05, 3.63) is 39.9 Å². The van der Waals surface area contributed by atoms with Crippen LogP contribution in [0.1, 0.15) is 12.0 Å². The van der Waals surface area contributed by atoms with Crippen LogP contribution in [0.5, 0.6) is 0 Å². The lowest BCUT2D eigenvalue weighted by atomic mass is 10.1. The zero-order valence-corrected chi connectivity index (χ0v) is 11.8. The summed E-state index contributed by atoms with van der Waals surface area (Å²) in [5, 5.41) is 10.7. The van der Waals surface area contributed by atoms with Crippen molar-refractivity contribution in [1.29, 1.82) is 0 Å². The fourth-order valence-electron chi connectivity index (χ4n) is 2.32. The highest BCUT2D eigenvalue weighted by Gasteiger charge is 2.25. The highest BCUT2D eigenvalue weighted by atomic mass is 35.5. The Kier molecular flexibility index (Phi) is 5.91. The van der Waals surface area contributed by atoms with Crippen molar-refractivity contribution in [2.24, 2.45) is 11.7 Å². The van der Waals surface area contributed by atoms with Crippen LogP contribution in [-0.2, 0) is 11.2 Å². The van der Waals surface area contributed by atoms with Gasteiger partial charge in [-0.3, -0.25) is 14.9 Å². The number of likely N-dealkylation sites (tertiary alicyclic amines) is 1. The zero-order valence-electron chi connectivity index (χ0n) is 11.0. The van der Waals surface area contributed by atoms with E-state index in [1.165, 1.54) is 12.1 Å². The standard InChI is InChI=1S/C13H17N3O3.ClH/c14-8-11-4-5-15(9-11)13(17)7-10-2-1-3-12(6-10)16(18)19;/h1-3,6,11H,4-5,7-9,14H2;1H. The molecular weight excluding hydrogens is 282 g/mol. The van der Waals surface area contributed by atoms with E-state index in [0.29, 0.717) is 24.6 Å². The Morgan fingerprint density at radius 3 is 2.85 bits per heavy atom. The molecule has 1 heterocycles. The average molecular weight is 300 g/mol. The second-order valence-corrected chi connectivity index (χ2v) is 4.83. The van der Waals surface area contributed by atoms with E-state index in [1.54, 1.807) is 17.0 Å². The third-order valence-electron chi connectivity index (χ3n) is 3.45. The molecule has 1 aromatic carbocycles.